The van der Waals surface area contributed by atoms with E-state index >= 15 is 0 Å². The van der Waals surface area contributed by atoms with E-state index in [0.717, 1.165) is 0 Å². The van der Waals surface area contributed by atoms with E-state index in [9.17, 15) is 4.79 Å². The van der Waals surface area contributed by atoms with Gasteiger partial charge >= 0.3 is 6.09 Å². The van der Waals surface area contributed by atoms with Crippen LogP contribution in [-0.4, -0.2) is 32.5 Å². The Labute approximate surface area is 122 Å². The van der Waals surface area contributed by atoms with Crippen molar-refractivity contribution >= 4 is 6.09 Å². The Balaban J connectivity index is 2.19. The van der Waals surface area contributed by atoms with Gasteiger partial charge in [0.2, 0.25) is 0 Å². The highest BCUT2D eigenvalue weighted by Crippen LogP contribution is 2.24. The van der Waals surface area contributed by atoms with E-state index in [0.29, 0.717) is 25.0 Å². The van der Waals surface area contributed by atoms with Crippen molar-refractivity contribution < 1.29 is 14.3 Å². The maximum absolute atomic E-state index is 11.7. The molecule has 0 aromatic rings. The first kappa shape index (κ1) is 17.0. The number of alkyl carbamates (subject to hydrolysis) is 1. The second-order valence-electron chi connectivity index (χ2n) is 5.87. The average Bonchev–Trinajstić information content (AvgIpc) is 2.44. The van der Waals surface area contributed by atoms with Gasteiger partial charge in [0, 0.05) is 7.11 Å². The molecule has 1 aliphatic carbocycles. The zero-order valence-corrected chi connectivity index (χ0v) is 13.1. The Morgan fingerprint density at radius 3 is 2.60 bits per heavy atom. The molecular weight excluding hydrogens is 254 g/mol. The number of rotatable bonds is 7. The third-order valence-electron chi connectivity index (χ3n) is 3.82. The van der Waals surface area contributed by atoms with Gasteiger partial charge in [0.05, 0.1) is 12.6 Å². The summed E-state index contributed by atoms with van der Waals surface area (Å²) < 4.78 is 10.3. The summed E-state index contributed by atoms with van der Waals surface area (Å²) in [5.41, 5.74) is 0. The van der Waals surface area contributed by atoms with Gasteiger partial charge < -0.3 is 14.8 Å². The molecule has 0 saturated heterocycles. The van der Waals surface area contributed by atoms with Gasteiger partial charge in [0.15, 0.2) is 0 Å². The van der Waals surface area contributed by atoms with Crippen molar-refractivity contribution in [2.45, 2.75) is 52.0 Å². The molecule has 1 saturated carbocycles. The Morgan fingerprint density at radius 2 is 2.00 bits per heavy atom. The molecule has 1 atom stereocenters. The normalized spacial score (nSPS) is 18.4. The van der Waals surface area contributed by atoms with Gasteiger partial charge in [0.1, 0.15) is 6.61 Å². The summed E-state index contributed by atoms with van der Waals surface area (Å²) in [6.45, 7) is 4.95. The van der Waals surface area contributed by atoms with Crippen molar-refractivity contribution in [2.24, 2.45) is 11.8 Å². The van der Waals surface area contributed by atoms with Crippen molar-refractivity contribution in [2.75, 3.05) is 20.3 Å². The molecule has 0 heterocycles. The molecule has 1 amide bonds. The maximum atomic E-state index is 11.7. The molecule has 0 bridgehead atoms. The molecule has 4 heteroatoms. The molecule has 0 spiro atoms. The third kappa shape index (κ3) is 6.94. The lowest BCUT2D eigenvalue weighted by Crippen LogP contribution is -2.41. The van der Waals surface area contributed by atoms with Crippen LogP contribution < -0.4 is 5.32 Å². The molecule has 1 fully saturated rings. The first-order valence-electron chi connectivity index (χ1n) is 7.72. The van der Waals surface area contributed by atoms with Crippen molar-refractivity contribution in [1.82, 2.24) is 5.32 Å². The summed E-state index contributed by atoms with van der Waals surface area (Å²) in [6, 6.07) is -0.00479. The van der Waals surface area contributed by atoms with Crippen LogP contribution in [0.5, 0.6) is 0 Å². The molecule has 4 nitrogen and oxygen atoms in total. The minimum absolute atomic E-state index is 0.00479. The number of carbonyl (C=O) groups excluding carboxylic acids is 1. The highest BCUT2D eigenvalue weighted by atomic mass is 16.5. The lowest BCUT2D eigenvalue weighted by molar-refractivity contribution is 0.121. The van der Waals surface area contributed by atoms with Crippen molar-refractivity contribution in [3.63, 3.8) is 0 Å². The summed E-state index contributed by atoms with van der Waals surface area (Å²) in [4.78, 5) is 11.7. The molecule has 0 aromatic heterocycles. The van der Waals surface area contributed by atoms with Crippen molar-refractivity contribution in [3.8, 4) is 0 Å². The van der Waals surface area contributed by atoms with Crippen LogP contribution in [0.3, 0.4) is 0 Å². The minimum Gasteiger partial charge on any atom is -0.445 e. The van der Waals surface area contributed by atoms with Crippen LogP contribution in [0.25, 0.3) is 0 Å². The fraction of sp³-hybridized carbons (Fsp3) is 0.812. The Hall–Kier alpha value is -1.03. The summed E-state index contributed by atoms with van der Waals surface area (Å²) in [5.74, 6) is 0.993. The molecule has 116 valence electrons. The number of hydrogen-bond acceptors (Lipinski definition) is 3. The van der Waals surface area contributed by atoms with E-state index in [-0.39, 0.29) is 12.1 Å². The molecule has 0 aliphatic heterocycles. The van der Waals surface area contributed by atoms with Gasteiger partial charge in [-0.25, -0.2) is 4.79 Å². The second-order valence-corrected chi connectivity index (χ2v) is 5.87. The number of methoxy groups -OCH3 is 1. The first-order chi connectivity index (χ1) is 9.63. The van der Waals surface area contributed by atoms with Crippen LogP contribution in [0, 0.1) is 11.8 Å². The van der Waals surface area contributed by atoms with Crippen LogP contribution in [0.4, 0.5) is 4.79 Å². The number of carbonyl (C=O) groups is 1. The third-order valence-corrected chi connectivity index (χ3v) is 3.82. The van der Waals surface area contributed by atoms with Gasteiger partial charge in [-0.15, -0.1) is 0 Å². The standard InChI is InChI=1S/C16H29NO3/c1-13(2)15(12-19-3)17-16(18)20-11-7-10-14-8-5-4-6-9-14/h7,10,13-15H,4-6,8-9,11-12H2,1-3H3,(H,17,18)/b10-7+/t15-/m1/s1. The predicted octanol–water partition coefficient (Wildman–Crippen LogP) is 3.52. The SMILES string of the molecule is COC[C@@H](NC(=O)OC/C=C/C1CCCCC1)C(C)C. The van der Waals surface area contributed by atoms with E-state index in [1.807, 2.05) is 19.9 Å². The molecule has 1 rings (SSSR count). The zero-order chi connectivity index (χ0) is 14.8. The largest absolute Gasteiger partial charge is 0.445 e. The Morgan fingerprint density at radius 1 is 1.30 bits per heavy atom. The fourth-order valence-electron chi connectivity index (χ4n) is 2.47. The Bertz CT molecular complexity index is 296. The summed E-state index contributed by atoms with van der Waals surface area (Å²) >= 11 is 0. The molecule has 0 unspecified atom stereocenters. The predicted molar refractivity (Wildman–Crippen MR) is 80.7 cm³/mol. The van der Waals surface area contributed by atoms with Crippen molar-refractivity contribution in [1.29, 1.82) is 0 Å². The van der Waals surface area contributed by atoms with Crippen LogP contribution >= 0.6 is 0 Å². The van der Waals surface area contributed by atoms with Gasteiger partial charge in [-0.2, -0.15) is 0 Å². The molecular formula is C16H29NO3. The van der Waals surface area contributed by atoms with Crippen LogP contribution in [0.2, 0.25) is 0 Å². The highest BCUT2D eigenvalue weighted by Gasteiger charge is 2.16. The Kier molecular flexibility index (Phi) is 8.35. The van der Waals surface area contributed by atoms with E-state index in [1.165, 1.54) is 32.1 Å². The first-order valence-corrected chi connectivity index (χ1v) is 7.72. The van der Waals surface area contributed by atoms with Crippen LogP contribution in [0.1, 0.15) is 46.0 Å². The van der Waals surface area contributed by atoms with Crippen LogP contribution in [0.15, 0.2) is 12.2 Å². The fourth-order valence-corrected chi connectivity index (χ4v) is 2.47. The van der Waals surface area contributed by atoms with E-state index in [2.05, 4.69) is 11.4 Å². The van der Waals surface area contributed by atoms with Gasteiger partial charge in [-0.3, -0.25) is 0 Å². The number of ether oxygens (including phenoxy) is 2. The number of hydrogen-bond donors (Lipinski definition) is 1. The number of allylic oxidation sites excluding steroid dienone is 1. The summed E-state index contributed by atoms with van der Waals surface area (Å²) in [6.07, 6.45) is 10.3. The summed E-state index contributed by atoms with van der Waals surface area (Å²) in [7, 11) is 1.63. The molecule has 1 N–H and O–H groups in total. The number of amides is 1. The lowest BCUT2D eigenvalue weighted by atomic mass is 9.89. The van der Waals surface area contributed by atoms with E-state index in [1.54, 1.807) is 7.11 Å². The maximum Gasteiger partial charge on any atom is 0.407 e. The minimum atomic E-state index is -0.367. The van der Waals surface area contributed by atoms with E-state index in [4.69, 9.17) is 9.47 Å². The van der Waals surface area contributed by atoms with Gasteiger partial charge in [-0.1, -0.05) is 45.3 Å². The van der Waals surface area contributed by atoms with Gasteiger partial charge in [-0.05, 0) is 24.7 Å². The monoisotopic (exact) mass is 283 g/mol. The highest BCUT2D eigenvalue weighted by molar-refractivity contribution is 5.67. The molecule has 20 heavy (non-hydrogen) atoms. The smallest absolute Gasteiger partial charge is 0.407 e. The van der Waals surface area contributed by atoms with E-state index < -0.39 is 0 Å². The molecule has 0 radical (unpaired) electrons. The molecule has 1 aliphatic rings. The molecule has 0 aromatic carbocycles. The summed E-state index contributed by atoms with van der Waals surface area (Å²) in [5, 5.41) is 2.84. The van der Waals surface area contributed by atoms with Crippen molar-refractivity contribution in [3.05, 3.63) is 12.2 Å². The van der Waals surface area contributed by atoms with Crippen LogP contribution in [-0.2, 0) is 9.47 Å². The quantitative estimate of drug-likeness (QED) is 0.727. The zero-order valence-electron chi connectivity index (χ0n) is 13.1. The topological polar surface area (TPSA) is 47.6 Å². The average molecular weight is 283 g/mol. The van der Waals surface area contributed by atoms with Gasteiger partial charge in [0.25, 0.3) is 0 Å². The lowest BCUT2D eigenvalue weighted by Gasteiger charge is -2.21. The second kappa shape index (κ2) is 9.81. The number of nitrogens with one attached hydrogen (secondary N) is 1.